The third-order valence-corrected chi connectivity index (χ3v) is 4.78. The van der Waals surface area contributed by atoms with Crippen molar-refractivity contribution in [3.63, 3.8) is 0 Å². The Labute approximate surface area is 169 Å². The summed E-state index contributed by atoms with van der Waals surface area (Å²) in [7, 11) is 0. The van der Waals surface area contributed by atoms with Gasteiger partial charge in [-0.15, -0.1) is 0 Å². The number of carbonyl (C=O) groups excluding carboxylic acids is 2. The quantitative estimate of drug-likeness (QED) is 0.439. The molecule has 1 unspecified atom stereocenters. The topological polar surface area (TPSA) is 86.0 Å². The van der Waals surface area contributed by atoms with E-state index in [1.165, 1.54) is 11.0 Å². The summed E-state index contributed by atoms with van der Waals surface area (Å²) in [5.74, 6) is -0.185. The van der Waals surface area contributed by atoms with Crippen LogP contribution >= 0.6 is 0 Å². The highest BCUT2D eigenvalue weighted by atomic mass is 16.6. The number of ether oxygens (including phenoxy) is 2. The summed E-state index contributed by atoms with van der Waals surface area (Å²) in [4.78, 5) is 38.7. The van der Waals surface area contributed by atoms with Crippen molar-refractivity contribution in [2.24, 2.45) is 0 Å². The van der Waals surface area contributed by atoms with Crippen LogP contribution in [0.15, 0.2) is 27.4 Å². The molecule has 2 heterocycles. The number of likely N-dealkylation sites (tertiary alicyclic amines) is 1. The van der Waals surface area contributed by atoms with Crippen molar-refractivity contribution in [3.8, 4) is 5.75 Å². The van der Waals surface area contributed by atoms with Gasteiger partial charge in [0.15, 0.2) is 0 Å². The van der Waals surface area contributed by atoms with Gasteiger partial charge < -0.3 is 13.9 Å². The maximum atomic E-state index is 13.0. The molecular weight excluding hydrogens is 374 g/mol. The Morgan fingerprint density at radius 2 is 1.97 bits per heavy atom. The van der Waals surface area contributed by atoms with E-state index in [9.17, 15) is 14.4 Å². The highest BCUT2D eigenvalue weighted by molar-refractivity contribution is 5.91. The molecule has 1 aromatic heterocycles. The Balaban J connectivity index is 1.91. The fourth-order valence-electron chi connectivity index (χ4n) is 3.56. The van der Waals surface area contributed by atoms with Crippen LogP contribution in [0.5, 0.6) is 5.75 Å². The average Bonchev–Trinajstić information content (AvgIpc) is 3.08. The third-order valence-electron chi connectivity index (χ3n) is 4.78. The lowest BCUT2D eigenvalue weighted by Crippen LogP contribution is -2.44. The molecule has 29 heavy (non-hydrogen) atoms. The maximum Gasteiger partial charge on any atom is 0.411 e. The number of esters is 1. The molecule has 1 aliphatic rings. The van der Waals surface area contributed by atoms with Crippen LogP contribution in [0.25, 0.3) is 11.0 Å². The molecule has 7 nitrogen and oxygen atoms in total. The highest BCUT2D eigenvalue weighted by Gasteiger charge is 2.38. The molecule has 156 valence electrons. The standard InChI is InChI=1S/C22H27NO6/c1-6-14-12-18(24)27-16-10-13(2)11-17(19(14)16)28-20(25)15-8-7-9-23(15)21(26)29-22(3,4)5/h10-12,15H,6-9H2,1-5H3. The number of aryl methyl sites for hydroxylation is 2. The molecule has 2 aromatic rings. The zero-order chi connectivity index (χ0) is 21.3. The van der Waals surface area contributed by atoms with Crippen LogP contribution in [-0.2, 0) is 16.0 Å². The highest BCUT2D eigenvalue weighted by Crippen LogP contribution is 2.31. The number of nitrogens with zero attached hydrogens (tertiary/aromatic N) is 1. The summed E-state index contributed by atoms with van der Waals surface area (Å²) < 4.78 is 16.5. The van der Waals surface area contributed by atoms with Crippen LogP contribution in [0.2, 0.25) is 0 Å². The van der Waals surface area contributed by atoms with Crippen LogP contribution < -0.4 is 10.4 Å². The minimum absolute atomic E-state index is 0.335. The van der Waals surface area contributed by atoms with Crippen molar-refractivity contribution in [1.82, 2.24) is 4.90 Å². The van der Waals surface area contributed by atoms with Crippen LogP contribution in [0.3, 0.4) is 0 Å². The largest absolute Gasteiger partial charge is 0.444 e. The van der Waals surface area contributed by atoms with Crippen molar-refractivity contribution in [2.45, 2.75) is 65.5 Å². The summed E-state index contributed by atoms with van der Waals surface area (Å²) in [6.45, 7) is 9.55. The number of hydrogen-bond acceptors (Lipinski definition) is 6. The van der Waals surface area contributed by atoms with Crippen molar-refractivity contribution < 1.29 is 23.5 Å². The number of benzene rings is 1. The third kappa shape index (κ3) is 4.60. The van der Waals surface area contributed by atoms with Gasteiger partial charge in [-0.25, -0.2) is 14.4 Å². The lowest BCUT2D eigenvalue weighted by molar-refractivity contribution is -0.139. The number of amides is 1. The van der Waals surface area contributed by atoms with Crippen molar-refractivity contribution in [2.75, 3.05) is 6.54 Å². The SMILES string of the molecule is CCc1cc(=O)oc2cc(C)cc(OC(=O)C3CCCN3C(=O)OC(C)(C)C)c12. The minimum atomic E-state index is -0.707. The van der Waals surface area contributed by atoms with Crippen molar-refractivity contribution in [1.29, 1.82) is 0 Å². The van der Waals surface area contributed by atoms with Gasteiger partial charge in [-0.2, -0.15) is 0 Å². The van der Waals surface area contributed by atoms with E-state index in [0.717, 1.165) is 11.1 Å². The molecule has 1 aromatic carbocycles. The first-order chi connectivity index (χ1) is 13.6. The van der Waals surface area contributed by atoms with Gasteiger partial charge in [-0.1, -0.05) is 6.92 Å². The van der Waals surface area contributed by atoms with Gasteiger partial charge in [-0.05, 0) is 70.2 Å². The zero-order valence-corrected chi connectivity index (χ0v) is 17.5. The average molecular weight is 401 g/mol. The fourth-order valence-corrected chi connectivity index (χ4v) is 3.56. The van der Waals surface area contributed by atoms with E-state index >= 15 is 0 Å². The summed E-state index contributed by atoms with van der Waals surface area (Å²) in [5, 5.41) is 0.605. The lowest BCUT2D eigenvalue weighted by Gasteiger charge is -2.27. The zero-order valence-electron chi connectivity index (χ0n) is 17.5. The molecule has 0 spiro atoms. The van der Waals surface area contributed by atoms with E-state index in [1.54, 1.807) is 32.9 Å². The molecule has 0 saturated carbocycles. The Hall–Kier alpha value is -2.83. The van der Waals surface area contributed by atoms with Gasteiger partial charge in [0.2, 0.25) is 0 Å². The van der Waals surface area contributed by atoms with Crippen LogP contribution in [0.1, 0.15) is 51.7 Å². The van der Waals surface area contributed by atoms with Crippen LogP contribution in [-0.4, -0.2) is 35.2 Å². The van der Waals surface area contributed by atoms with Gasteiger partial charge in [-0.3, -0.25) is 4.90 Å². The maximum absolute atomic E-state index is 13.0. The summed E-state index contributed by atoms with van der Waals surface area (Å²) in [6.07, 6.45) is 1.27. The summed E-state index contributed by atoms with van der Waals surface area (Å²) in [5.41, 5.74) is 0.840. The number of carbonyl (C=O) groups is 2. The Morgan fingerprint density at radius 3 is 2.62 bits per heavy atom. The second-order valence-corrected chi connectivity index (χ2v) is 8.33. The smallest absolute Gasteiger partial charge is 0.411 e. The molecule has 7 heteroatoms. The summed E-state index contributed by atoms with van der Waals surface area (Å²) >= 11 is 0. The predicted octanol–water partition coefficient (Wildman–Crippen LogP) is 3.97. The van der Waals surface area contributed by atoms with Gasteiger partial charge in [0, 0.05) is 12.6 Å². The molecule has 0 bridgehead atoms. The molecule has 1 aliphatic heterocycles. The van der Waals surface area contributed by atoms with Crippen LogP contribution in [0, 0.1) is 6.92 Å². The lowest BCUT2D eigenvalue weighted by atomic mass is 10.0. The fraction of sp³-hybridized carbons (Fsp3) is 0.500. The minimum Gasteiger partial charge on any atom is -0.444 e. The van der Waals surface area contributed by atoms with Gasteiger partial charge in [0.05, 0.1) is 5.39 Å². The molecule has 3 rings (SSSR count). The first kappa shape index (κ1) is 20.9. The van der Waals surface area contributed by atoms with E-state index < -0.39 is 29.3 Å². The molecule has 1 saturated heterocycles. The first-order valence-corrected chi connectivity index (χ1v) is 9.87. The summed E-state index contributed by atoms with van der Waals surface area (Å²) in [6, 6.07) is 4.20. The molecule has 1 amide bonds. The van der Waals surface area contributed by atoms with E-state index in [-0.39, 0.29) is 0 Å². The van der Waals surface area contributed by atoms with E-state index in [2.05, 4.69) is 0 Å². The van der Waals surface area contributed by atoms with E-state index in [1.807, 2.05) is 13.8 Å². The van der Waals surface area contributed by atoms with Crippen molar-refractivity contribution >= 4 is 23.0 Å². The molecular formula is C22H27NO6. The van der Waals surface area contributed by atoms with Gasteiger partial charge >= 0.3 is 17.7 Å². The monoisotopic (exact) mass is 401 g/mol. The predicted molar refractivity (Wildman–Crippen MR) is 108 cm³/mol. The Kier molecular flexibility index (Phi) is 5.68. The Bertz CT molecular complexity index is 1000. The van der Waals surface area contributed by atoms with Gasteiger partial charge in [0.1, 0.15) is 23.0 Å². The molecule has 0 radical (unpaired) electrons. The number of fused-ring (bicyclic) bond motifs is 1. The molecule has 1 fully saturated rings. The first-order valence-electron chi connectivity index (χ1n) is 9.87. The molecule has 1 atom stereocenters. The molecule has 0 N–H and O–H groups in total. The van der Waals surface area contributed by atoms with Crippen LogP contribution in [0.4, 0.5) is 4.79 Å². The molecule has 0 aliphatic carbocycles. The Morgan fingerprint density at radius 1 is 1.24 bits per heavy atom. The number of hydrogen-bond donors (Lipinski definition) is 0. The van der Waals surface area contributed by atoms with E-state index in [4.69, 9.17) is 13.9 Å². The second kappa shape index (κ2) is 7.89. The number of rotatable bonds is 3. The van der Waals surface area contributed by atoms with E-state index in [0.29, 0.717) is 42.5 Å². The normalized spacial score (nSPS) is 16.9. The van der Waals surface area contributed by atoms with Crippen molar-refractivity contribution in [3.05, 3.63) is 39.7 Å². The van der Waals surface area contributed by atoms with Gasteiger partial charge in [0.25, 0.3) is 0 Å². The second-order valence-electron chi connectivity index (χ2n) is 8.33.